The summed E-state index contributed by atoms with van der Waals surface area (Å²) in [6.07, 6.45) is 6.88. The Morgan fingerprint density at radius 3 is 2.56 bits per heavy atom. The number of rotatable bonds is 3. The Morgan fingerprint density at radius 2 is 1.83 bits per heavy atom. The molecule has 1 fully saturated rings. The molecule has 1 aliphatic carbocycles. The Hall–Kier alpha value is -0.0900. The number of hydrogen-bond donors (Lipinski definition) is 1. The zero-order valence-corrected chi connectivity index (χ0v) is 13.6. The molecule has 1 aliphatic rings. The quantitative estimate of drug-likeness (QED) is 0.599. The summed E-state index contributed by atoms with van der Waals surface area (Å²) in [4.78, 5) is 0. The summed E-state index contributed by atoms with van der Waals surface area (Å²) in [5.74, 6) is 0.922. The van der Waals surface area contributed by atoms with Crippen LogP contribution in [0.1, 0.15) is 57.6 Å². The topological polar surface area (TPSA) is 12.0 Å². The van der Waals surface area contributed by atoms with E-state index < -0.39 is 0 Å². The number of nitrogens with one attached hydrogen (secondary N) is 1. The summed E-state index contributed by atoms with van der Waals surface area (Å²) < 4.78 is 1.31. The van der Waals surface area contributed by atoms with Crippen LogP contribution in [0.5, 0.6) is 0 Å². The smallest absolute Gasteiger partial charge is 0.0294 e. The molecule has 0 amide bonds. The van der Waals surface area contributed by atoms with E-state index in [1.54, 1.807) is 0 Å². The lowest BCUT2D eigenvalue weighted by atomic mass is 10.0. The Labute approximate surface area is 125 Å². The standard InChI is InChI=1S/C16H24IN/c1-12-4-3-5-16(11-6-12)18-13(2)14-7-9-15(17)10-8-14/h7-10,12-13,16,18H,3-6,11H2,1-2H3. The van der Waals surface area contributed by atoms with E-state index in [1.807, 2.05) is 0 Å². The summed E-state index contributed by atoms with van der Waals surface area (Å²) in [6.45, 7) is 4.68. The number of halogens is 1. The monoisotopic (exact) mass is 357 g/mol. The number of benzene rings is 1. The molecule has 1 N–H and O–H groups in total. The lowest BCUT2D eigenvalue weighted by Gasteiger charge is -2.22. The molecule has 3 atom stereocenters. The van der Waals surface area contributed by atoms with E-state index in [-0.39, 0.29) is 0 Å². The molecule has 1 nitrogen and oxygen atoms in total. The fourth-order valence-electron chi connectivity index (χ4n) is 2.85. The molecule has 3 unspecified atom stereocenters. The van der Waals surface area contributed by atoms with Crippen molar-refractivity contribution in [2.75, 3.05) is 0 Å². The van der Waals surface area contributed by atoms with E-state index in [1.165, 1.54) is 41.2 Å². The molecule has 100 valence electrons. The highest BCUT2D eigenvalue weighted by Crippen LogP contribution is 2.24. The van der Waals surface area contributed by atoms with Crippen molar-refractivity contribution in [3.8, 4) is 0 Å². The zero-order chi connectivity index (χ0) is 13.0. The molecule has 2 heteroatoms. The van der Waals surface area contributed by atoms with Crippen LogP contribution < -0.4 is 5.32 Å². The predicted octanol–water partition coefficient (Wildman–Crippen LogP) is 4.91. The van der Waals surface area contributed by atoms with Crippen molar-refractivity contribution in [2.45, 2.75) is 58.0 Å². The average Bonchev–Trinajstić information content (AvgIpc) is 2.55. The second-order valence-corrected chi connectivity index (χ2v) is 7.00. The van der Waals surface area contributed by atoms with Crippen LogP contribution in [-0.4, -0.2) is 6.04 Å². The van der Waals surface area contributed by atoms with Crippen LogP contribution in [0.25, 0.3) is 0 Å². The highest BCUT2D eigenvalue weighted by atomic mass is 127. The van der Waals surface area contributed by atoms with Crippen LogP contribution in [0.15, 0.2) is 24.3 Å². The maximum Gasteiger partial charge on any atom is 0.0294 e. The molecule has 0 radical (unpaired) electrons. The highest BCUT2D eigenvalue weighted by Gasteiger charge is 2.18. The first-order chi connectivity index (χ1) is 8.65. The molecule has 0 aliphatic heterocycles. The molecule has 1 saturated carbocycles. The van der Waals surface area contributed by atoms with Gasteiger partial charge in [0.05, 0.1) is 0 Å². The van der Waals surface area contributed by atoms with Gasteiger partial charge in [-0.25, -0.2) is 0 Å². The minimum atomic E-state index is 0.473. The van der Waals surface area contributed by atoms with Crippen LogP contribution in [0.2, 0.25) is 0 Å². The van der Waals surface area contributed by atoms with Crippen LogP contribution in [0.3, 0.4) is 0 Å². The van der Waals surface area contributed by atoms with E-state index in [0.717, 1.165) is 5.92 Å². The van der Waals surface area contributed by atoms with E-state index in [0.29, 0.717) is 12.1 Å². The molecular formula is C16H24IN. The normalized spacial score (nSPS) is 26.6. The average molecular weight is 357 g/mol. The summed E-state index contributed by atoms with van der Waals surface area (Å²) in [5.41, 5.74) is 1.41. The molecule has 0 saturated heterocycles. The molecule has 1 aromatic rings. The van der Waals surface area contributed by atoms with Crippen LogP contribution in [0, 0.1) is 9.49 Å². The zero-order valence-electron chi connectivity index (χ0n) is 11.5. The first-order valence-electron chi connectivity index (χ1n) is 7.16. The summed E-state index contributed by atoms with van der Waals surface area (Å²) in [5, 5.41) is 3.81. The van der Waals surface area contributed by atoms with Crippen molar-refractivity contribution in [1.82, 2.24) is 5.32 Å². The van der Waals surface area contributed by atoms with Gasteiger partial charge in [-0.1, -0.05) is 31.9 Å². The van der Waals surface area contributed by atoms with Crippen LogP contribution in [0.4, 0.5) is 0 Å². The molecule has 2 rings (SSSR count). The van der Waals surface area contributed by atoms with Gasteiger partial charge in [0.1, 0.15) is 0 Å². The van der Waals surface area contributed by atoms with Crippen molar-refractivity contribution in [3.05, 3.63) is 33.4 Å². The number of hydrogen-bond acceptors (Lipinski definition) is 1. The van der Waals surface area contributed by atoms with Gasteiger partial charge in [0.15, 0.2) is 0 Å². The predicted molar refractivity (Wildman–Crippen MR) is 86.7 cm³/mol. The van der Waals surface area contributed by atoms with Crippen molar-refractivity contribution in [2.24, 2.45) is 5.92 Å². The van der Waals surface area contributed by atoms with Crippen molar-refractivity contribution in [3.63, 3.8) is 0 Å². The van der Waals surface area contributed by atoms with Gasteiger partial charge in [-0.3, -0.25) is 0 Å². The van der Waals surface area contributed by atoms with Crippen LogP contribution in [-0.2, 0) is 0 Å². The minimum Gasteiger partial charge on any atom is -0.307 e. The van der Waals surface area contributed by atoms with Gasteiger partial charge < -0.3 is 5.32 Å². The summed E-state index contributed by atoms with van der Waals surface area (Å²) >= 11 is 2.36. The third-order valence-electron chi connectivity index (χ3n) is 4.11. The van der Waals surface area contributed by atoms with Gasteiger partial charge in [-0.05, 0) is 72.4 Å². The molecule has 0 bridgehead atoms. The second-order valence-electron chi connectivity index (χ2n) is 5.75. The van der Waals surface area contributed by atoms with E-state index in [9.17, 15) is 0 Å². The highest BCUT2D eigenvalue weighted by molar-refractivity contribution is 14.1. The summed E-state index contributed by atoms with van der Waals surface area (Å²) in [7, 11) is 0. The van der Waals surface area contributed by atoms with Gasteiger partial charge in [-0.15, -0.1) is 0 Å². The van der Waals surface area contributed by atoms with Crippen molar-refractivity contribution in [1.29, 1.82) is 0 Å². The fourth-order valence-corrected chi connectivity index (χ4v) is 3.21. The maximum absolute atomic E-state index is 3.81. The minimum absolute atomic E-state index is 0.473. The van der Waals surface area contributed by atoms with Gasteiger partial charge in [0.2, 0.25) is 0 Å². The third-order valence-corrected chi connectivity index (χ3v) is 4.83. The second kappa shape index (κ2) is 6.90. The first-order valence-corrected chi connectivity index (χ1v) is 8.24. The van der Waals surface area contributed by atoms with Crippen molar-refractivity contribution >= 4 is 22.6 Å². The third kappa shape index (κ3) is 4.23. The van der Waals surface area contributed by atoms with Gasteiger partial charge in [0, 0.05) is 15.7 Å². The molecule has 0 spiro atoms. The Balaban J connectivity index is 1.90. The lowest BCUT2D eigenvalue weighted by Crippen LogP contribution is -2.31. The van der Waals surface area contributed by atoms with E-state index in [4.69, 9.17) is 0 Å². The Kier molecular flexibility index (Phi) is 5.49. The van der Waals surface area contributed by atoms with Crippen molar-refractivity contribution < 1.29 is 0 Å². The summed E-state index contributed by atoms with van der Waals surface area (Å²) in [6, 6.07) is 10.1. The van der Waals surface area contributed by atoms with Gasteiger partial charge in [0.25, 0.3) is 0 Å². The largest absolute Gasteiger partial charge is 0.307 e. The van der Waals surface area contributed by atoms with E-state index >= 15 is 0 Å². The van der Waals surface area contributed by atoms with Gasteiger partial charge >= 0.3 is 0 Å². The molecule has 0 heterocycles. The lowest BCUT2D eigenvalue weighted by molar-refractivity contribution is 0.408. The molecule has 18 heavy (non-hydrogen) atoms. The molecule has 1 aromatic carbocycles. The van der Waals surface area contributed by atoms with Gasteiger partial charge in [-0.2, -0.15) is 0 Å². The molecule has 0 aromatic heterocycles. The maximum atomic E-state index is 3.81. The van der Waals surface area contributed by atoms with Crippen LogP contribution >= 0.6 is 22.6 Å². The first kappa shape index (κ1) is 14.3. The molecular weight excluding hydrogens is 333 g/mol. The van der Waals surface area contributed by atoms with E-state index in [2.05, 4.69) is 66.0 Å². The Bertz CT molecular complexity index is 360. The fraction of sp³-hybridized carbons (Fsp3) is 0.625. The SMILES string of the molecule is CC1CCCC(NC(C)c2ccc(I)cc2)CC1. The Morgan fingerprint density at radius 1 is 1.11 bits per heavy atom.